The van der Waals surface area contributed by atoms with E-state index in [1.165, 1.54) is 26.4 Å². The molecule has 0 aliphatic heterocycles. The second-order valence-corrected chi connectivity index (χ2v) is 8.48. The number of hydrogen-bond donors (Lipinski definition) is 1. The van der Waals surface area contributed by atoms with Gasteiger partial charge in [-0.1, -0.05) is 12.1 Å². The molecule has 1 amide bonds. The minimum Gasteiger partial charge on any atom is -0.469 e. The standard InChI is InChI=1S/C19H26NO10P/c1-26-15(21)10-14(18(23)27-2)16(19(24)28-3)20-17(22)13-8-6-12(7-9-13)11-31(25,29-4)30-5/h6-9,14,16H,10-11H2,1-5H3,(H,20,22)/t14-,16-/m0/s1. The Labute approximate surface area is 179 Å². The molecule has 0 aliphatic carbocycles. The van der Waals surface area contributed by atoms with Crippen molar-refractivity contribution in [2.45, 2.75) is 18.6 Å². The first-order chi connectivity index (χ1) is 14.6. The molecule has 0 radical (unpaired) electrons. The average molecular weight is 459 g/mol. The molecule has 0 saturated carbocycles. The lowest BCUT2D eigenvalue weighted by Gasteiger charge is -2.23. The fourth-order valence-corrected chi connectivity index (χ4v) is 3.68. The molecule has 172 valence electrons. The van der Waals surface area contributed by atoms with Gasteiger partial charge in [-0.15, -0.1) is 0 Å². The summed E-state index contributed by atoms with van der Waals surface area (Å²) in [5, 5.41) is 2.39. The first kappa shape index (κ1) is 26.3. The number of hydrogen-bond acceptors (Lipinski definition) is 10. The first-order valence-corrected chi connectivity index (χ1v) is 10.7. The monoisotopic (exact) mass is 459 g/mol. The van der Waals surface area contributed by atoms with Crippen LogP contribution in [0.25, 0.3) is 0 Å². The molecule has 0 bridgehead atoms. The van der Waals surface area contributed by atoms with E-state index in [0.717, 1.165) is 21.3 Å². The van der Waals surface area contributed by atoms with Gasteiger partial charge in [0.25, 0.3) is 5.91 Å². The number of methoxy groups -OCH3 is 3. The SMILES string of the molecule is COC(=O)C[C@H](C(=O)OC)[C@H](NC(=O)c1ccc(CP(=O)(OC)OC)cc1)C(=O)OC. The van der Waals surface area contributed by atoms with Crippen molar-refractivity contribution < 1.29 is 47.0 Å². The maximum atomic E-state index is 12.7. The van der Waals surface area contributed by atoms with Gasteiger partial charge in [-0.25, -0.2) is 4.79 Å². The summed E-state index contributed by atoms with van der Waals surface area (Å²) in [4.78, 5) is 48.7. The van der Waals surface area contributed by atoms with Crippen LogP contribution < -0.4 is 5.32 Å². The Kier molecular flexibility index (Phi) is 10.3. The van der Waals surface area contributed by atoms with Gasteiger partial charge in [0.1, 0.15) is 6.04 Å². The highest BCUT2D eigenvalue weighted by atomic mass is 31.2. The maximum absolute atomic E-state index is 12.7. The topological polar surface area (TPSA) is 144 Å². The molecule has 1 aromatic rings. The summed E-state index contributed by atoms with van der Waals surface area (Å²) < 4.78 is 35.8. The number of amides is 1. The summed E-state index contributed by atoms with van der Waals surface area (Å²) in [6.07, 6.45) is -0.512. The molecule has 0 aliphatic rings. The van der Waals surface area contributed by atoms with Gasteiger partial charge in [-0.05, 0) is 17.7 Å². The van der Waals surface area contributed by atoms with Crippen molar-refractivity contribution in [3.8, 4) is 0 Å². The zero-order chi connectivity index (χ0) is 23.6. The number of carbonyl (C=O) groups is 4. The van der Waals surface area contributed by atoms with Gasteiger partial charge < -0.3 is 28.6 Å². The summed E-state index contributed by atoms with van der Waals surface area (Å²) in [5.74, 6) is -4.68. The molecule has 11 nitrogen and oxygen atoms in total. The summed E-state index contributed by atoms with van der Waals surface area (Å²) in [6, 6.07) is 4.45. The Morgan fingerprint density at radius 2 is 1.42 bits per heavy atom. The second kappa shape index (κ2) is 12.2. The highest BCUT2D eigenvalue weighted by molar-refractivity contribution is 7.52. The van der Waals surface area contributed by atoms with E-state index in [1.54, 1.807) is 12.1 Å². The van der Waals surface area contributed by atoms with E-state index in [2.05, 4.69) is 19.5 Å². The van der Waals surface area contributed by atoms with E-state index in [-0.39, 0.29) is 11.7 Å². The van der Waals surface area contributed by atoms with E-state index in [9.17, 15) is 23.7 Å². The van der Waals surface area contributed by atoms with Gasteiger partial charge in [0.15, 0.2) is 0 Å². The molecule has 31 heavy (non-hydrogen) atoms. The highest BCUT2D eigenvalue weighted by Crippen LogP contribution is 2.49. The summed E-state index contributed by atoms with van der Waals surface area (Å²) in [5.41, 5.74) is 0.732. The molecule has 0 unspecified atom stereocenters. The Bertz CT molecular complexity index is 831. The summed E-state index contributed by atoms with van der Waals surface area (Å²) in [7, 11) is 2.54. The minimum atomic E-state index is -3.28. The van der Waals surface area contributed by atoms with Crippen molar-refractivity contribution in [3.05, 3.63) is 35.4 Å². The molecule has 0 aromatic heterocycles. The average Bonchev–Trinajstić information content (AvgIpc) is 2.80. The fourth-order valence-electron chi connectivity index (χ4n) is 2.62. The Balaban J connectivity index is 3.08. The third-order valence-electron chi connectivity index (χ3n) is 4.41. The lowest BCUT2D eigenvalue weighted by atomic mass is 9.95. The molecule has 1 aromatic carbocycles. The van der Waals surface area contributed by atoms with Crippen LogP contribution in [0.4, 0.5) is 0 Å². The first-order valence-electron chi connectivity index (χ1n) is 8.97. The molecule has 0 heterocycles. The van der Waals surface area contributed by atoms with Crippen LogP contribution in [-0.4, -0.2) is 65.4 Å². The third-order valence-corrected chi connectivity index (χ3v) is 6.28. The number of carbonyl (C=O) groups excluding carboxylic acids is 4. The van der Waals surface area contributed by atoms with Crippen LogP contribution in [0.5, 0.6) is 0 Å². The normalized spacial score (nSPS) is 12.9. The van der Waals surface area contributed by atoms with Crippen molar-refractivity contribution in [2.24, 2.45) is 5.92 Å². The molecule has 0 spiro atoms. The molecule has 2 atom stereocenters. The van der Waals surface area contributed by atoms with Crippen molar-refractivity contribution >= 4 is 31.4 Å². The molecule has 0 saturated heterocycles. The van der Waals surface area contributed by atoms with E-state index in [4.69, 9.17) is 9.05 Å². The van der Waals surface area contributed by atoms with Crippen LogP contribution in [0.3, 0.4) is 0 Å². The maximum Gasteiger partial charge on any atom is 0.334 e. The van der Waals surface area contributed by atoms with E-state index in [0.29, 0.717) is 5.56 Å². The quantitative estimate of drug-likeness (QED) is 0.292. The van der Waals surface area contributed by atoms with Crippen LogP contribution in [0, 0.1) is 5.92 Å². The molecular formula is C19H26NO10P. The molecule has 0 fully saturated rings. The minimum absolute atomic E-state index is 0.00374. The number of nitrogens with one attached hydrogen (secondary N) is 1. The third kappa shape index (κ3) is 7.46. The van der Waals surface area contributed by atoms with Crippen molar-refractivity contribution in [2.75, 3.05) is 35.5 Å². The molecule has 1 rings (SSSR count). The van der Waals surface area contributed by atoms with Crippen molar-refractivity contribution in [1.29, 1.82) is 0 Å². The Morgan fingerprint density at radius 3 is 1.87 bits per heavy atom. The number of benzene rings is 1. The van der Waals surface area contributed by atoms with Crippen LogP contribution in [-0.2, 0) is 48.4 Å². The zero-order valence-electron chi connectivity index (χ0n) is 17.9. The van der Waals surface area contributed by atoms with Crippen LogP contribution >= 0.6 is 7.60 Å². The van der Waals surface area contributed by atoms with Crippen LogP contribution in [0.15, 0.2) is 24.3 Å². The number of esters is 3. The number of ether oxygens (including phenoxy) is 3. The lowest BCUT2D eigenvalue weighted by molar-refractivity contribution is -0.158. The summed E-state index contributed by atoms with van der Waals surface area (Å²) >= 11 is 0. The molecule has 1 N–H and O–H groups in total. The van der Waals surface area contributed by atoms with Gasteiger partial charge in [-0.2, -0.15) is 0 Å². The van der Waals surface area contributed by atoms with Crippen molar-refractivity contribution in [1.82, 2.24) is 5.32 Å². The molecule has 12 heteroatoms. The Morgan fingerprint density at radius 1 is 0.871 bits per heavy atom. The van der Waals surface area contributed by atoms with E-state index >= 15 is 0 Å². The van der Waals surface area contributed by atoms with Gasteiger partial charge in [0.2, 0.25) is 0 Å². The van der Waals surface area contributed by atoms with Crippen LogP contribution in [0.1, 0.15) is 22.3 Å². The Hall–Kier alpha value is -2.75. The van der Waals surface area contributed by atoms with Gasteiger partial charge in [0.05, 0.1) is 39.8 Å². The smallest absolute Gasteiger partial charge is 0.334 e. The predicted molar refractivity (Wildman–Crippen MR) is 107 cm³/mol. The largest absolute Gasteiger partial charge is 0.469 e. The van der Waals surface area contributed by atoms with Crippen LogP contribution in [0.2, 0.25) is 0 Å². The van der Waals surface area contributed by atoms with E-state index in [1.807, 2.05) is 0 Å². The lowest BCUT2D eigenvalue weighted by Crippen LogP contribution is -2.50. The van der Waals surface area contributed by atoms with Gasteiger partial charge >= 0.3 is 25.5 Å². The van der Waals surface area contributed by atoms with Gasteiger partial charge in [-0.3, -0.25) is 18.9 Å². The van der Waals surface area contributed by atoms with Gasteiger partial charge in [0, 0.05) is 19.8 Å². The van der Waals surface area contributed by atoms with E-state index < -0.39 is 49.8 Å². The highest BCUT2D eigenvalue weighted by Gasteiger charge is 2.38. The second-order valence-electron chi connectivity index (χ2n) is 6.22. The predicted octanol–water partition coefficient (Wildman–Crippen LogP) is 1.30. The number of rotatable bonds is 11. The summed E-state index contributed by atoms with van der Waals surface area (Å²) in [6.45, 7) is 0. The van der Waals surface area contributed by atoms with Crippen molar-refractivity contribution in [3.63, 3.8) is 0 Å². The zero-order valence-corrected chi connectivity index (χ0v) is 18.8. The fraction of sp³-hybridized carbons (Fsp3) is 0.474. The molecular weight excluding hydrogens is 433 g/mol.